The molecule has 3 rings (SSSR count). The predicted molar refractivity (Wildman–Crippen MR) is 76.7 cm³/mol. The van der Waals surface area contributed by atoms with Gasteiger partial charge in [-0.1, -0.05) is 12.8 Å². The lowest BCUT2D eigenvalue weighted by Gasteiger charge is -2.47. The lowest BCUT2D eigenvalue weighted by Crippen LogP contribution is -2.54. The maximum Gasteiger partial charge on any atom is 0.310 e. The van der Waals surface area contributed by atoms with Gasteiger partial charge >= 0.3 is 5.97 Å². The molecule has 4 heteroatoms. The average molecular weight is 281 g/mol. The van der Waals surface area contributed by atoms with Gasteiger partial charge in [0.1, 0.15) is 0 Å². The second kappa shape index (κ2) is 5.30. The Kier molecular flexibility index (Phi) is 3.80. The van der Waals surface area contributed by atoms with Gasteiger partial charge in [-0.2, -0.15) is 0 Å². The van der Waals surface area contributed by atoms with Crippen molar-refractivity contribution in [2.75, 3.05) is 19.7 Å². The third-order valence-corrected chi connectivity index (χ3v) is 5.74. The third-order valence-electron chi connectivity index (χ3n) is 5.74. The monoisotopic (exact) mass is 281 g/mol. The number of carboxylic acid groups (broad SMARTS) is 1. The molecule has 2 heterocycles. The molecule has 3 aliphatic rings. The van der Waals surface area contributed by atoms with Gasteiger partial charge in [0.15, 0.2) is 0 Å². The number of hydrogen-bond donors (Lipinski definition) is 1. The van der Waals surface area contributed by atoms with E-state index in [0.717, 1.165) is 38.8 Å². The highest BCUT2D eigenvalue weighted by Crippen LogP contribution is 2.42. The summed E-state index contributed by atoms with van der Waals surface area (Å²) < 4.78 is 6.10. The van der Waals surface area contributed by atoms with E-state index in [-0.39, 0.29) is 5.60 Å². The number of nitrogens with zero attached hydrogens (tertiary/aromatic N) is 1. The molecule has 3 fully saturated rings. The quantitative estimate of drug-likeness (QED) is 0.845. The maximum atomic E-state index is 11.5. The molecule has 0 aromatic carbocycles. The Bertz CT molecular complexity index is 378. The fourth-order valence-corrected chi connectivity index (χ4v) is 4.45. The summed E-state index contributed by atoms with van der Waals surface area (Å²) >= 11 is 0. The van der Waals surface area contributed by atoms with Gasteiger partial charge in [0.25, 0.3) is 0 Å². The first kappa shape index (κ1) is 14.3. The van der Waals surface area contributed by atoms with E-state index in [1.807, 2.05) is 6.92 Å². The molecule has 2 atom stereocenters. The van der Waals surface area contributed by atoms with Crippen molar-refractivity contribution in [1.29, 1.82) is 0 Å². The largest absolute Gasteiger partial charge is 0.481 e. The van der Waals surface area contributed by atoms with Gasteiger partial charge in [-0.25, -0.2) is 0 Å². The molecule has 4 nitrogen and oxygen atoms in total. The first-order valence-corrected chi connectivity index (χ1v) is 8.15. The Morgan fingerprint density at radius 3 is 2.70 bits per heavy atom. The van der Waals surface area contributed by atoms with Gasteiger partial charge in [-0.05, 0) is 52.0 Å². The summed E-state index contributed by atoms with van der Waals surface area (Å²) in [6.07, 6.45) is 8.99. The van der Waals surface area contributed by atoms with Crippen LogP contribution in [-0.4, -0.2) is 47.3 Å². The molecule has 1 saturated carbocycles. The molecule has 2 saturated heterocycles. The van der Waals surface area contributed by atoms with Crippen LogP contribution in [-0.2, 0) is 9.53 Å². The highest BCUT2D eigenvalue weighted by atomic mass is 16.5. The van der Waals surface area contributed by atoms with Gasteiger partial charge in [0, 0.05) is 19.2 Å². The molecule has 1 spiro atoms. The molecule has 2 unspecified atom stereocenters. The van der Waals surface area contributed by atoms with Crippen LogP contribution in [0.3, 0.4) is 0 Å². The van der Waals surface area contributed by atoms with Crippen molar-refractivity contribution in [3.8, 4) is 0 Å². The molecule has 0 radical (unpaired) electrons. The van der Waals surface area contributed by atoms with Crippen LogP contribution in [0.2, 0.25) is 0 Å². The van der Waals surface area contributed by atoms with E-state index in [0.29, 0.717) is 12.6 Å². The van der Waals surface area contributed by atoms with Crippen LogP contribution < -0.4 is 0 Å². The van der Waals surface area contributed by atoms with Crippen LogP contribution >= 0.6 is 0 Å². The van der Waals surface area contributed by atoms with E-state index in [1.165, 1.54) is 25.7 Å². The fraction of sp³-hybridized carbons (Fsp3) is 0.938. The van der Waals surface area contributed by atoms with E-state index >= 15 is 0 Å². The van der Waals surface area contributed by atoms with E-state index in [9.17, 15) is 9.90 Å². The lowest BCUT2D eigenvalue weighted by molar-refractivity contribution is -0.154. The van der Waals surface area contributed by atoms with Crippen LogP contribution in [0.1, 0.15) is 58.3 Å². The van der Waals surface area contributed by atoms with Crippen molar-refractivity contribution in [3.05, 3.63) is 0 Å². The van der Waals surface area contributed by atoms with Crippen molar-refractivity contribution in [3.63, 3.8) is 0 Å². The first-order chi connectivity index (χ1) is 9.53. The molecule has 0 bridgehead atoms. The van der Waals surface area contributed by atoms with Crippen LogP contribution in [0.5, 0.6) is 0 Å². The second-order valence-corrected chi connectivity index (χ2v) is 7.33. The number of ether oxygens (including phenoxy) is 1. The Balaban J connectivity index is 1.67. The summed E-state index contributed by atoms with van der Waals surface area (Å²) in [4.78, 5) is 13.9. The minimum atomic E-state index is -0.634. The highest BCUT2D eigenvalue weighted by molar-refractivity contribution is 5.74. The van der Waals surface area contributed by atoms with Crippen molar-refractivity contribution >= 4 is 5.97 Å². The zero-order valence-electron chi connectivity index (χ0n) is 12.6. The topological polar surface area (TPSA) is 49.8 Å². The minimum absolute atomic E-state index is 0.125. The van der Waals surface area contributed by atoms with E-state index < -0.39 is 11.4 Å². The zero-order chi connectivity index (χ0) is 14.2. The molecule has 1 N–H and O–H groups in total. The molecule has 0 aromatic heterocycles. The van der Waals surface area contributed by atoms with Crippen LogP contribution in [0.4, 0.5) is 0 Å². The number of aliphatic carboxylic acids is 1. The lowest BCUT2D eigenvalue weighted by atomic mass is 9.79. The molecular weight excluding hydrogens is 254 g/mol. The highest BCUT2D eigenvalue weighted by Gasteiger charge is 2.45. The maximum absolute atomic E-state index is 11.5. The SMILES string of the molecule is CC1(C(=O)O)CCCN(C2CCOC3(CCCC3)C2)C1. The summed E-state index contributed by atoms with van der Waals surface area (Å²) in [7, 11) is 0. The number of rotatable bonds is 2. The van der Waals surface area contributed by atoms with Gasteiger partial charge in [-0.15, -0.1) is 0 Å². The number of carboxylic acids is 1. The van der Waals surface area contributed by atoms with Gasteiger partial charge < -0.3 is 9.84 Å². The van der Waals surface area contributed by atoms with Crippen molar-refractivity contribution in [2.45, 2.75) is 69.9 Å². The van der Waals surface area contributed by atoms with E-state index in [2.05, 4.69) is 4.90 Å². The Hall–Kier alpha value is -0.610. The Labute approximate surface area is 121 Å². The average Bonchev–Trinajstić information content (AvgIpc) is 2.87. The standard InChI is InChI=1S/C16H27NO3/c1-15(14(18)19)6-4-9-17(12-15)13-5-10-20-16(11-13)7-2-3-8-16/h13H,2-12H2,1H3,(H,18,19). The molecule has 2 aliphatic heterocycles. The zero-order valence-corrected chi connectivity index (χ0v) is 12.6. The van der Waals surface area contributed by atoms with Gasteiger partial charge in [0.05, 0.1) is 11.0 Å². The van der Waals surface area contributed by atoms with Crippen LogP contribution in [0.15, 0.2) is 0 Å². The first-order valence-electron chi connectivity index (χ1n) is 8.15. The third kappa shape index (κ3) is 2.60. The Morgan fingerprint density at radius 1 is 1.25 bits per heavy atom. The predicted octanol–water partition coefficient (Wildman–Crippen LogP) is 2.66. The smallest absolute Gasteiger partial charge is 0.310 e. The summed E-state index contributed by atoms with van der Waals surface area (Å²) in [5, 5.41) is 9.47. The summed E-state index contributed by atoms with van der Waals surface area (Å²) in [5.41, 5.74) is -0.431. The summed E-state index contributed by atoms with van der Waals surface area (Å²) in [6.45, 7) is 4.53. The number of carbonyl (C=O) groups is 1. The van der Waals surface area contributed by atoms with Crippen molar-refractivity contribution in [2.24, 2.45) is 5.41 Å². The molecule has 0 aromatic rings. The normalized spacial score (nSPS) is 38.1. The number of piperidine rings is 1. The molecule has 114 valence electrons. The number of hydrogen-bond acceptors (Lipinski definition) is 3. The fourth-order valence-electron chi connectivity index (χ4n) is 4.45. The molecule has 1 aliphatic carbocycles. The van der Waals surface area contributed by atoms with Crippen molar-refractivity contribution in [1.82, 2.24) is 4.90 Å². The van der Waals surface area contributed by atoms with Crippen LogP contribution in [0, 0.1) is 5.41 Å². The molecular formula is C16H27NO3. The Morgan fingerprint density at radius 2 is 2.00 bits per heavy atom. The van der Waals surface area contributed by atoms with Gasteiger partial charge in [0.2, 0.25) is 0 Å². The van der Waals surface area contributed by atoms with Crippen molar-refractivity contribution < 1.29 is 14.6 Å². The van der Waals surface area contributed by atoms with Gasteiger partial charge in [-0.3, -0.25) is 9.69 Å². The van der Waals surface area contributed by atoms with Crippen LogP contribution in [0.25, 0.3) is 0 Å². The number of likely N-dealkylation sites (tertiary alicyclic amines) is 1. The van der Waals surface area contributed by atoms with E-state index in [1.54, 1.807) is 0 Å². The minimum Gasteiger partial charge on any atom is -0.481 e. The molecule has 0 amide bonds. The summed E-state index contributed by atoms with van der Waals surface area (Å²) in [6, 6.07) is 0.529. The summed E-state index contributed by atoms with van der Waals surface area (Å²) in [5.74, 6) is -0.634. The second-order valence-electron chi connectivity index (χ2n) is 7.33. The van der Waals surface area contributed by atoms with E-state index in [4.69, 9.17) is 4.74 Å². The molecule has 20 heavy (non-hydrogen) atoms.